The third-order valence-electron chi connectivity index (χ3n) is 4.46. The smallest absolute Gasteiger partial charge is 0.414 e. The van der Waals surface area contributed by atoms with Crippen LogP contribution in [0.1, 0.15) is 59.6 Å². The number of hydrogen-bond donors (Lipinski definition) is 0. The third-order valence-corrected chi connectivity index (χ3v) is 4.46. The lowest BCUT2D eigenvalue weighted by Crippen LogP contribution is -2.39. The summed E-state index contributed by atoms with van der Waals surface area (Å²) in [6.45, 7) is 12.7. The number of carbonyl (C=O) groups is 1. The second-order valence-corrected chi connectivity index (χ2v) is 8.50. The molecule has 0 fully saturated rings. The van der Waals surface area contributed by atoms with Gasteiger partial charge in [-0.05, 0) is 53.0 Å². The zero-order chi connectivity index (χ0) is 19.1. The van der Waals surface area contributed by atoms with E-state index in [-0.39, 0.29) is 6.09 Å². The Morgan fingerprint density at radius 1 is 1.31 bits per heavy atom. The lowest BCUT2D eigenvalue weighted by atomic mass is 9.98. The number of nitrogens with zero attached hydrogens (tertiary/aromatic N) is 3. The number of benzene rings is 1. The Morgan fingerprint density at radius 2 is 2.04 bits per heavy atom. The predicted octanol–water partition coefficient (Wildman–Crippen LogP) is 5.24. The molecule has 0 radical (unpaired) electrons. The van der Waals surface area contributed by atoms with Crippen LogP contribution >= 0.6 is 0 Å². The second kappa shape index (κ2) is 6.78. The summed E-state index contributed by atoms with van der Waals surface area (Å²) < 4.78 is 7.60. The number of ether oxygens (including phenoxy) is 1. The van der Waals surface area contributed by atoms with Gasteiger partial charge in [-0.15, -0.1) is 0 Å². The van der Waals surface area contributed by atoms with E-state index in [1.54, 1.807) is 4.90 Å². The molecule has 0 saturated heterocycles. The van der Waals surface area contributed by atoms with Crippen molar-refractivity contribution in [3.63, 3.8) is 0 Å². The van der Waals surface area contributed by atoms with Crippen molar-refractivity contribution in [3.05, 3.63) is 36.0 Å². The summed E-state index contributed by atoms with van der Waals surface area (Å²) in [5.41, 5.74) is 2.35. The van der Waals surface area contributed by atoms with Gasteiger partial charge in [0, 0.05) is 29.7 Å². The van der Waals surface area contributed by atoms with E-state index in [9.17, 15) is 4.79 Å². The van der Waals surface area contributed by atoms with E-state index in [4.69, 9.17) is 4.74 Å². The Morgan fingerprint density at radius 3 is 2.69 bits per heavy atom. The first-order chi connectivity index (χ1) is 12.1. The molecule has 2 aromatic rings. The molecular formula is C21H29N3O2. The Hall–Kier alpha value is -2.30. The van der Waals surface area contributed by atoms with Gasteiger partial charge in [-0.25, -0.2) is 4.79 Å². The van der Waals surface area contributed by atoms with Gasteiger partial charge in [0.05, 0.1) is 11.2 Å². The van der Waals surface area contributed by atoms with Crippen molar-refractivity contribution >= 4 is 22.7 Å². The van der Waals surface area contributed by atoms with Crippen LogP contribution in [0.25, 0.3) is 16.6 Å². The van der Waals surface area contributed by atoms with Gasteiger partial charge in [0.25, 0.3) is 0 Å². The maximum Gasteiger partial charge on any atom is 0.414 e. The molecule has 1 aliphatic heterocycles. The molecule has 0 N–H and O–H groups in total. The van der Waals surface area contributed by atoms with E-state index < -0.39 is 5.60 Å². The van der Waals surface area contributed by atoms with Crippen molar-refractivity contribution in [2.45, 2.75) is 59.6 Å². The van der Waals surface area contributed by atoms with Crippen molar-refractivity contribution < 1.29 is 9.53 Å². The number of hydrogen-bond acceptors (Lipinski definition) is 3. The number of allylic oxidation sites excluding steroid dienone is 1. The normalized spacial score (nSPS) is 18.3. The first-order valence-corrected chi connectivity index (χ1v) is 9.34. The number of amides is 1. The number of carbonyl (C=O) groups excluding carboxylic acids is 1. The van der Waals surface area contributed by atoms with Crippen LogP contribution in [0.4, 0.5) is 4.79 Å². The van der Waals surface area contributed by atoms with Crippen LogP contribution in [0.15, 0.2) is 30.5 Å². The molecule has 0 spiro atoms. The number of fused-ring (bicyclic) bond motifs is 1. The monoisotopic (exact) mass is 355 g/mol. The van der Waals surface area contributed by atoms with Gasteiger partial charge in [-0.3, -0.25) is 9.58 Å². The molecule has 5 nitrogen and oxygen atoms in total. The maximum atomic E-state index is 12.7. The summed E-state index contributed by atoms with van der Waals surface area (Å²) >= 11 is 0. The molecule has 1 amide bonds. The van der Waals surface area contributed by atoms with E-state index in [2.05, 4.69) is 56.3 Å². The van der Waals surface area contributed by atoms with Crippen LogP contribution < -0.4 is 0 Å². The highest BCUT2D eigenvalue weighted by atomic mass is 16.6. The zero-order valence-electron chi connectivity index (χ0n) is 16.6. The average Bonchev–Trinajstić information content (AvgIpc) is 2.96. The molecule has 1 aliphatic rings. The van der Waals surface area contributed by atoms with Crippen LogP contribution in [-0.4, -0.2) is 32.9 Å². The summed E-state index contributed by atoms with van der Waals surface area (Å²) in [6.07, 6.45) is 4.86. The molecular weight excluding hydrogens is 326 g/mol. The zero-order valence-corrected chi connectivity index (χ0v) is 16.6. The van der Waals surface area contributed by atoms with E-state index in [1.165, 1.54) is 0 Å². The van der Waals surface area contributed by atoms with Crippen molar-refractivity contribution in [1.82, 2.24) is 14.7 Å². The molecule has 140 valence electrons. The fraction of sp³-hybridized carbons (Fsp3) is 0.524. The van der Waals surface area contributed by atoms with E-state index in [1.807, 2.05) is 25.5 Å². The molecule has 0 saturated carbocycles. The Kier molecular flexibility index (Phi) is 4.82. The molecule has 1 aromatic heterocycles. The maximum absolute atomic E-state index is 12.7. The van der Waals surface area contributed by atoms with Gasteiger partial charge in [-0.1, -0.05) is 25.1 Å². The summed E-state index contributed by atoms with van der Waals surface area (Å²) in [7, 11) is 0. The van der Waals surface area contributed by atoms with Crippen LogP contribution in [0.2, 0.25) is 0 Å². The minimum Gasteiger partial charge on any atom is -0.443 e. The molecule has 26 heavy (non-hydrogen) atoms. The summed E-state index contributed by atoms with van der Waals surface area (Å²) in [5.74, 6) is 0.412. The van der Waals surface area contributed by atoms with Crippen molar-refractivity contribution in [1.29, 1.82) is 0 Å². The molecule has 0 unspecified atom stereocenters. The average molecular weight is 355 g/mol. The second-order valence-electron chi connectivity index (χ2n) is 8.50. The highest BCUT2D eigenvalue weighted by molar-refractivity contribution is 5.87. The van der Waals surface area contributed by atoms with E-state index in [0.717, 1.165) is 28.6 Å². The SMILES string of the molecule is CC(C)n1cc2ccc(C3=CC[C@H](C)CN3C(=O)OC(C)(C)C)cc2n1. The predicted molar refractivity (Wildman–Crippen MR) is 105 cm³/mol. The fourth-order valence-electron chi connectivity index (χ4n) is 3.13. The van der Waals surface area contributed by atoms with E-state index in [0.29, 0.717) is 18.5 Å². The van der Waals surface area contributed by atoms with Gasteiger partial charge in [0.15, 0.2) is 0 Å². The Labute approximate surface area is 155 Å². The first-order valence-electron chi connectivity index (χ1n) is 9.34. The topological polar surface area (TPSA) is 47.4 Å². The Bertz CT molecular complexity index is 843. The number of aromatic nitrogens is 2. The summed E-state index contributed by atoms with van der Waals surface area (Å²) in [6, 6.07) is 6.52. The quantitative estimate of drug-likeness (QED) is 0.740. The largest absolute Gasteiger partial charge is 0.443 e. The van der Waals surface area contributed by atoms with Gasteiger partial charge in [0.2, 0.25) is 0 Å². The molecule has 1 atom stereocenters. The van der Waals surface area contributed by atoms with Crippen LogP contribution in [-0.2, 0) is 4.74 Å². The third kappa shape index (κ3) is 3.92. The molecule has 3 rings (SSSR count). The first kappa shape index (κ1) is 18.5. The van der Waals surface area contributed by atoms with Crippen LogP contribution in [0, 0.1) is 5.92 Å². The van der Waals surface area contributed by atoms with Crippen molar-refractivity contribution in [3.8, 4) is 0 Å². The molecule has 2 heterocycles. The lowest BCUT2D eigenvalue weighted by molar-refractivity contribution is 0.0327. The van der Waals surface area contributed by atoms with Crippen LogP contribution in [0.5, 0.6) is 0 Å². The van der Waals surface area contributed by atoms with Crippen molar-refractivity contribution in [2.24, 2.45) is 5.92 Å². The van der Waals surface area contributed by atoms with E-state index >= 15 is 0 Å². The minimum atomic E-state index is -0.511. The molecule has 0 aliphatic carbocycles. The van der Waals surface area contributed by atoms with Gasteiger partial charge in [0.1, 0.15) is 5.60 Å². The summed E-state index contributed by atoms with van der Waals surface area (Å²) in [5, 5.41) is 5.77. The highest BCUT2D eigenvalue weighted by Gasteiger charge is 2.29. The standard InChI is InChI=1S/C21H29N3O2/c1-14(2)24-13-17-9-8-16(11-18(17)22-24)19-10-7-15(3)12-23(19)20(25)26-21(4,5)6/h8-11,13-15H,7,12H2,1-6H3/t15-/m0/s1. The summed E-state index contributed by atoms with van der Waals surface area (Å²) in [4.78, 5) is 14.5. The lowest BCUT2D eigenvalue weighted by Gasteiger charge is -2.33. The van der Waals surface area contributed by atoms with Gasteiger partial charge in [-0.2, -0.15) is 5.10 Å². The highest BCUT2D eigenvalue weighted by Crippen LogP contribution is 2.31. The number of rotatable bonds is 2. The van der Waals surface area contributed by atoms with Crippen LogP contribution in [0.3, 0.4) is 0 Å². The van der Waals surface area contributed by atoms with Gasteiger partial charge >= 0.3 is 6.09 Å². The minimum absolute atomic E-state index is 0.289. The molecule has 5 heteroatoms. The van der Waals surface area contributed by atoms with Crippen molar-refractivity contribution in [2.75, 3.05) is 6.54 Å². The molecule has 0 bridgehead atoms. The Balaban J connectivity index is 1.96. The fourth-order valence-corrected chi connectivity index (χ4v) is 3.13. The molecule has 1 aromatic carbocycles. The van der Waals surface area contributed by atoms with Gasteiger partial charge < -0.3 is 4.74 Å².